The maximum Gasteiger partial charge on any atom is 0.140 e. The van der Waals surface area contributed by atoms with Gasteiger partial charge in [0.05, 0.1) is 5.52 Å². The third-order valence-electron chi connectivity index (χ3n) is 4.66. The summed E-state index contributed by atoms with van der Waals surface area (Å²) < 4.78 is 0. The highest BCUT2D eigenvalue weighted by Crippen LogP contribution is 2.32. The lowest BCUT2D eigenvalue weighted by molar-refractivity contribution is 0.481. The monoisotopic (exact) mass is 268 g/mol. The molecule has 1 aromatic heterocycles. The molecule has 2 aliphatic heterocycles. The number of anilines is 1. The number of para-hydroxylation sites is 1. The van der Waals surface area contributed by atoms with Crippen LogP contribution in [-0.4, -0.2) is 35.1 Å². The quantitative estimate of drug-likeness (QED) is 0.907. The van der Waals surface area contributed by atoms with Crippen LogP contribution in [0.3, 0.4) is 0 Å². The van der Waals surface area contributed by atoms with Crippen molar-refractivity contribution in [1.82, 2.24) is 15.3 Å². The molecule has 4 heteroatoms. The summed E-state index contributed by atoms with van der Waals surface area (Å²) in [7, 11) is 0. The van der Waals surface area contributed by atoms with Crippen molar-refractivity contribution < 1.29 is 0 Å². The molecule has 2 unspecified atom stereocenters. The predicted octanol–water partition coefficient (Wildman–Crippen LogP) is 2.35. The summed E-state index contributed by atoms with van der Waals surface area (Å²) in [4.78, 5) is 11.5. The molecule has 2 aromatic rings. The summed E-state index contributed by atoms with van der Waals surface area (Å²) in [6, 6.07) is 9.55. The number of nitrogens with zero attached hydrogens (tertiary/aromatic N) is 3. The highest BCUT2D eigenvalue weighted by molar-refractivity contribution is 5.89. The van der Waals surface area contributed by atoms with E-state index in [-0.39, 0.29) is 0 Å². The molecule has 104 valence electrons. The zero-order valence-electron chi connectivity index (χ0n) is 11.6. The fraction of sp³-hybridized carbons (Fsp3) is 0.500. The summed E-state index contributed by atoms with van der Waals surface area (Å²) >= 11 is 0. The highest BCUT2D eigenvalue weighted by atomic mass is 15.3. The summed E-state index contributed by atoms with van der Waals surface area (Å²) in [6.45, 7) is 2.28. The minimum absolute atomic E-state index is 0.593. The second-order valence-electron chi connectivity index (χ2n) is 5.82. The Hall–Kier alpha value is -1.68. The molecule has 0 spiro atoms. The Morgan fingerprint density at radius 2 is 2.05 bits per heavy atom. The molecule has 2 atom stereocenters. The third-order valence-corrected chi connectivity index (χ3v) is 4.66. The average Bonchev–Trinajstić information content (AvgIpc) is 3.17. The van der Waals surface area contributed by atoms with Crippen molar-refractivity contribution in [2.75, 3.05) is 18.0 Å². The number of rotatable bonds is 2. The lowest BCUT2D eigenvalue weighted by Gasteiger charge is -2.31. The number of fused-ring (bicyclic) bond motifs is 1. The zero-order valence-corrected chi connectivity index (χ0v) is 11.6. The normalized spacial score (nSPS) is 26.5. The Kier molecular flexibility index (Phi) is 3.03. The van der Waals surface area contributed by atoms with Gasteiger partial charge in [-0.05, 0) is 44.4 Å². The van der Waals surface area contributed by atoms with Crippen molar-refractivity contribution >= 4 is 16.7 Å². The van der Waals surface area contributed by atoms with Crippen molar-refractivity contribution in [1.29, 1.82) is 0 Å². The van der Waals surface area contributed by atoms with Gasteiger partial charge >= 0.3 is 0 Å². The van der Waals surface area contributed by atoms with Gasteiger partial charge in [-0.2, -0.15) is 0 Å². The molecule has 0 bridgehead atoms. The van der Waals surface area contributed by atoms with Crippen LogP contribution >= 0.6 is 0 Å². The largest absolute Gasteiger partial charge is 0.351 e. The Morgan fingerprint density at radius 1 is 1.10 bits per heavy atom. The standard InChI is InChI=1S/C16H20N4/c1-2-6-13-12(5-1)16(19-11-18-13)20-10-4-8-15(20)14-7-3-9-17-14/h1-2,5-6,11,14-15,17H,3-4,7-10H2. The van der Waals surface area contributed by atoms with Crippen LogP contribution in [0.25, 0.3) is 10.9 Å². The van der Waals surface area contributed by atoms with Crippen molar-refractivity contribution in [2.45, 2.75) is 37.8 Å². The molecule has 1 N–H and O–H groups in total. The van der Waals surface area contributed by atoms with Gasteiger partial charge in [0.25, 0.3) is 0 Å². The first-order valence-electron chi connectivity index (χ1n) is 7.63. The predicted molar refractivity (Wildman–Crippen MR) is 80.9 cm³/mol. The molecule has 2 saturated heterocycles. The third kappa shape index (κ3) is 1.95. The van der Waals surface area contributed by atoms with Gasteiger partial charge in [-0.3, -0.25) is 0 Å². The van der Waals surface area contributed by atoms with Gasteiger partial charge in [-0.15, -0.1) is 0 Å². The maximum absolute atomic E-state index is 4.60. The van der Waals surface area contributed by atoms with Gasteiger partial charge in [0.15, 0.2) is 0 Å². The van der Waals surface area contributed by atoms with E-state index in [1.165, 1.54) is 37.6 Å². The van der Waals surface area contributed by atoms with Gasteiger partial charge in [0, 0.05) is 24.0 Å². The molecule has 2 fully saturated rings. The molecule has 0 saturated carbocycles. The highest BCUT2D eigenvalue weighted by Gasteiger charge is 2.34. The molecular weight excluding hydrogens is 248 g/mol. The van der Waals surface area contributed by atoms with Crippen LogP contribution in [0.2, 0.25) is 0 Å². The first-order chi connectivity index (χ1) is 9.93. The minimum atomic E-state index is 0.593. The van der Waals surface area contributed by atoms with Crippen LogP contribution in [0, 0.1) is 0 Å². The summed E-state index contributed by atoms with van der Waals surface area (Å²) in [5.41, 5.74) is 1.04. The lowest BCUT2D eigenvalue weighted by atomic mass is 10.0. The zero-order chi connectivity index (χ0) is 13.4. The number of hydrogen-bond donors (Lipinski definition) is 1. The number of nitrogens with one attached hydrogen (secondary N) is 1. The van der Waals surface area contributed by atoms with E-state index in [9.17, 15) is 0 Å². The summed E-state index contributed by atoms with van der Waals surface area (Å²) in [6.07, 6.45) is 6.84. The molecule has 0 radical (unpaired) electrons. The Morgan fingerprint density at radius 3 is 2.95 bits per heavy atom. The van der Waals surface area contributed by atoms with Crippen molar-refractivity contribution in [2.24, 2.45) is 0 Å². The molecule has 0 aliphatic carbocycles. The summed E-state index contributed by atoms with van der Waals surface area (Å²) in [5, 5.41) is 4.84. The van der Waals surface area contributed by atoms with Crippen LogP contribution in [0.5, 0.6) is 0 Å². The molecule has 3 heterocycles. The average molecular weight is 268 g/mol. The number of benzene rings is 1. The van der Waals surface area contributed by atoms with Crippen LogP contribution in [0.1, 0.15) is 25.7 Å². The van der Waals surface area contributed by atoms with Gasteiger partial charge in [-0.1, -0.05) is 12.1 Å². The smallest absolute Gasteiger partial charge is 0.140 e. The van der Waals surface area contributed by atoms with E-state index in [1.807, 2.05) is 6.07 Å². The molecule has 20 heavy (non-hydrogen) atoms. The van der Waals surface area contributed by atoms with Crippen LogP contribution in [-0.2, 0) is 0 Å². The molecule has 0 amide bonds. The second kappa shape index (κ2) is 5.02. The molecule has 2 aliphatic rings. The van der Waals surface area contributed by atoms with Crippen molar-refractivity contribution in [3.8, 4) is 0 Å². The SMILES string of the molecule is c1ccc2c(N3CCCC3C3CCCN3)ncnc2c1. The Balaban J connectivity index is 1.74. The van der Waals surface area contributed by atoms with Crippen molar-refractivity contribution in [3.05, 3.63) is 30.6 Å². The fourth-order valence-corrected chi connectivity index (χ4v) is 3.73. The first kappa shape index (κ1) is 12.1. The maximum atomic E-state index is 4.60. The Labute approximate surface area is 119 Å². The number of hydrogen-bond acceptors (Lipinski definition) is 4. The van der Waals surface area contributed by atoms with Crippen LogP contribution in [0.15, 0.2) is 30.6 Å². The minimum Gasteiger partial charge on any atom is -0.351 e. The van der Waals surface area contributed by atoms with Crippen LogP contribution in [0.4, 0.5) is 5.82 Å². The van der Waals surface area contributed by atoms with E-state index in [4.69, 9.17) is 0 Å². The lowest BCUT2D eigenvalue weighted by Crippen LogP contribution is -2.44. The molecular formula is C16H20N4. The second-order valence-corrected chi connectivity index (χ2v) is 5.82. The topological polar surface area (TPSA) is 41.0 Å². The van der Waals surface area contributed by atoms with Gasteiger partial charge in [-0.25, -0.2) is 9.97 Å². The van der Waals surface area contributed by atoms with E-state index in [0.29, 0.717) is 12.1 Å². The fourth-order valence-electron chi connectivity index (χ4n) is 3.73. The van der Waals surface area contributed by atoms with E-state index in [1.54, 1.807) is 6.33 Å². The van der Waals surface area contributed by atoms with E-state index in [0.717, 1.165) is 17.9 Å². The molecule has 1 aromatic carbocycles. The van der Waals surface area contributed by atoms with E-state index >= 15 is 0 Å². The molecule has 4 rings (SSSR count). The molecule has 4 nitrogen and oxygen atoms in total. The van der Waals surface area contributed by atoms with Gasteiger partial charge in [0.1, 0.15) is 12.1 Å². The first-order valence-corrected chi connectivity index (χ1v) is 7.63. The Bertz CT molecular complexity index is 601. The summed E-state index contributed by atoms with van der Waals surface area (Å²) in [5.74, 6) is 1.12. The van der Waals surface area contributed by atoms with Gasteiger partial charge in [0.2, 0.25) is 0 Å². The van der Waals surface area contributed by atoms with Gasteiger partial charge < -0.3 is 10.2 Å². The van der Waals surface area contributed by atoms with Crippen molar-refractivity contribution in [3.63, 3.8) is 0 Å². The number of aromatic nitrogens is 2. The van der Waals surface area contributed by atoms with Crippen LogP contribution < -0.4 is 10.2 Å². The van der Waals surface area contributed by atoms with E-state index < -0.39 is 0 Å². The van der Waals surface area contributed by atoms with E-state index in [2.05, 4.69) is 38.4 Å².